The third kappa shape index (κ3) is 6.16. The zero-order chi connectivity index (χ0) is 25.6. The number of carbonyl (C=O) groups is 2. The Kier molecular flexibility index (Phi) is 7.46. The Bertz CT molecular complexity index is 1360. The normalized spacial score (nSPS) is 14.4. The highest BCUT2D eigenvalue weighted by atomic mass is 16.5. The van der Waals surface area contributed by atoms with Gasteiger partial charge in [-0.3, -0.25) is 9.69 Å². The van der Waals surface area contributed by atoms with Crippen molar-refractivity contribution in [1.29, 1.82) is 0 Å². The van der Waals surface area contributed by atoms with Crippen molar-refractivity contribution in [3.63, 3.8) is 0 Å². The van der Waals surface area contributed by atoms with Gasteiger partial charge in [-0.1, -0.05) is 30.3 Å². The number of carbonyl (C=O) groups excluding carboxylic acids is 2. The fourth-order valence-electron chi connectivity index (χ4n) is 4.58. The van der Waals surface area contributed by atoms with Crippen molar-refractivity contribution >= 4 is 22.9 Å². The van der Waals surface area contributed by atoms with Gasteiger partial charge in [0, 0.05) is 31.2 Å². The van der Waals surface area contributed by atoms with Gasteiger partial charge in [-0.15, -0.1) is 0 Å². The lowest BCUT2D eigenvalue weighted by Crippen LogP contribution is -2.45. The molecule has 1 aliphatic rings. The number of aromatic nitrogens is 2. The summed E-state index contributed by atoms with van der Waals surface area (Å²) in [6.07, 6.45) is 1.75. The molecule has 2 N–H and O–H groups in total. The molecule has 1 saturated heterocycles. The summed E-state index contributed by atoms with van der Waals surface area (Å²) in [6.45, 7) is 2.45. The molecule has 1 aromatic heterocycles. The van der Waals surface area contributed by atoms with Gasteiger partial charge in [-0.2, -0.15) is 0 Å². The van der Waals surface area contributed by atoms with Crippen LogP contribution in [0.5, 0.6) is 5.75 Å². The number of benzene rings is 3. The Labute approximate surface area is 215 Å². The number of piperidine rings is 1. The molecule has 4 aromatic rings. The summed E-state index contributed by atoms with van der Waals surface area (Å²) in [5.41, 5.74) is 4.01. The van der Waals surface area contributed by atoms with Gasteiger partial charge < -0.3 is 19.8 Å². The number of nitrogens with zero attached hydrogens (tertiary/aromatic N) is 2. The number of rotatable bonds is 8. The van der Waals surface area contributed by atoms with Crippen LogP contribution < -0.4 is 10.1 Å². The van der Waals surface area contributed by atoms with Crippen LogP contribution in [-0.2, 0) is 16.1 Å². The molecule has 0 spiro atoms. The standard InChI is InChI=1S/C29H30N4O4/c1-36-24-10-7-21(8-11-24)28-31-25-12-9-22(17-26(25)32-28)29(35)37-19-27(34)30-23-13-15-33(16-14-23)18-20-5-3-2-4-6-20/h2-12,17,23H,13-16,18-19H2,1H3,(H,30,34)(H,31,32). The van der Waals surface area contributed by atoms with E-state index in [1.807, 2.05) is 30.3 Å². The van der Waals surface area contributed by atoms with Crippen molar-refractivity contribution < 1.29 is 19.1 Å². The van der Waals surface area contributed by atoms with E-state index < -0.39 is 5.97 Å². The number of hydrogen-bond acceptors (Lipinski definition) is 6. The van der Waals surface area contributed by atoms with Gasteiger partial charge in [-0.25, -0.2) is 9.78 Å². The van der Waals surface area contributed by atoms with Crippen molar-refractivity contribution in [2.24, 2.45) is 0 Å². The first-order chi connectivity index (χ1) is 18.1. The fourth-order valence-corrected chi connectivity index (χ4v) is 4.58. The molecule has 8 heteroatoms. The highest BCUT2D eigenvalue weighted by Crippen LogP contribution is 2.23. The number of methoxy groups -OCH3 is 1. The predicted molar refractivity (Wildman–Crippen MR) is 141 cm³/mol. The van der Waals surface area contributed by atoms with Crippen LogP contribution in [0.1, 0.15) is 28.8 Å². The van der Waals surface area contributed by atoms with E-state index in [9.17, 15) is 9.59 Å². The third-order valence-electron chi connectivity index (χ3n) is 6.62. The molecule has 3 aromatic carbocycles. The Hall–Kier alpha value is -4.17. The molecule has 0 aliphatic carbocycles. The third-order valence-corrected chi connectivity index (χ3v) is 6.62. The second-order valence-corrected chi connectivity index (χ2v) is 9.23. The number of nitrogens with one attached hydrogen (secondary N) is 2. The molecule has 2 heterocycles. The first kappa shape index (κ1) is 24.5. The molecule has 1 amide bonds. The number of ether oxygens (including phenoxy) is 2. The van der Waals surface area contributed by atoms with Crippen molar-refractivity contribution in [3.05, 3.63) is 83.9 Å². The van der Waals surface area contributed by atoms with E-state index in [-0.39, 0.29) is 18.6 Å². The number of hydrogen-bond donors (Lipinski definition) is 2. The van der Waals surface area contributed by atoms with Crippen LogP contribution in [0.2, 0.25) is 0 Å². The number of aromatic amines is 1. The molecular weight excluding hydrogens is 468 g/mol. The van der Waals surface area contributed by atoms with E-state index in [4.69, 9.17) is 9.47 Å². The van der Waals surface area contributed by atoms with Gasteiger partial charge in [0.2, 0.25) is 0 Å². The number of imidazole rings is 1. The van der Waals surface area contributed by atoms with Crippen molar-refractivity contribution in [2.75, 3.05) is 26.8 Å². The highest BCUT2D eigenvalue weighted by Gasteiger charge is 2.21. The zero-order valence-corrected chi connectivity index (χ0v) is 20.8. The SMILES string of the molecule is COc1ccc(-c2nc3ccc(C(=O)OCC(=O)NC4CCN(Cc5ccccc5)CC4)cc3[nH]2)cc1. The van der Waals surface area contributed by atoms with E-state index in [2.05, 4.69) is 44.5 Å². The van der Waals surface area contributed by atoms with Crippen molar-refractivity contribution in [2.45, 2.75) is 25.4 Å². The Morgan fingerprint density at radius 2 is 1.78 bits per heavy atom. The molecule has 8 nitrogen and oxygen atoms in total. The summed E-state index contributed by atoms with van der Waals surface area (Å²) in [6, 6.07) is 23.2. The average Bonchev–Trinajstić information content (AvgIpc) is 3.37. The van der Waals surface area contributed by atoms with Crippen LogP contribution in [-0.4, -0.2) is 59.6 Å². The summed E-state index contributed by atoms with van der Waals surface area (Å²) < 4.78 is 10.5. The van der Waals surface area contributed by atoms with Crippen LogP contribution >= 0.6 is 0 Å². The number of likely N-dealkylation sites (tertiary alicyclic amines) is 1. The first-order valence-electron chi connectivity index (χ1n) is 12.4. The van der Waals surface area contributed by atoms with Crippen molar-refractivity contribution in [1.82, 2.24) is 20.2 Å². The summed E-state index contributed by atoms with van der Waals surface area (Å²) in [4.78, 5) is 35.2. The second kappa shape index (κ2) is 11.3. The van der Waals surface area contributed by atoms with Gasteiger partial charge in [0.05, 0.1) is 23.7 Å². The lowest BCUT2D eigenvalue weighted by Gasteiger charge is -2.32. The molecule has 0 bridgehead atoms. The van der Waals surface area contributed by atoms with Crippen LogP contribution in [0, 0.1) is 0 Å². The maximum absolute atomic E-state index is 12.6. The zero-order valence-electron chi connectivity index (χ0n) is 20.8. The van der Waals surface area contributed by atoms with Crippen LogP contribution in [0.25, 0.3) is 22.4 Å². The smallest absolute Gasteiger partial charge is 0.338 e. The quantitative estimate of drug-likeness (QED) is 0.354. The average molecular weight is 499 g/mol. The van der Waals surface area contributed by atoms with Crippen LogP contribution in [0.4, 0.5) is 0 Å². The largest absolute Gasteiger partial charge is 0.497 e. The van der Waals surface area contributed by atoms with Crippen LogP contribution in [0.15, 0.2) is 72.8 Å². The maximum atomic E-state index is 12.6. The molecular formula is C29H30N4O4. The Morgan fingerprint density at radius 1 is 1.03 bits per heavy atom. The minimum Gasteiger partial charge on any atom is -0.497 e. The van der Waals surface area contributed by atoms with Gasteiger partial charge in [-0.05, 0) is 60.9 Å². The minimum absolute atomic E-state index is 0.0935. The fraction of sp³-hybridized carbons (Fsp3) is 0.276. The van der Waals surface area contributed by atoms with E-state index in [0.717, 1.165) is 49.3 Å². The van der Waals surface area contributed by atoms with Crippen LogP contribution in [0.3, 0.4) is 0 Å². The molecule has 5 rings (SSSR count). The summed E-state index contributed by atoms with van der Waals surface area (Å²) in [5.74, 6) is 0.634. The van der Waals surface area contributed by atoms with E-state index >= 15 is 0 Å². The number of esters is 1. The molecule has 190 valence electrons. The molecule has 1 aliphatic heterocycles. The monoisotopic (exact) mass is 498 g/mol. The second-order valence-electron chi connectivity index (χ2n) is 9.23. The lowest BCUT2D eigenvalue weighted by molar-refractivity contribution is -0.125. The Balaban J connectivity index is 1.10. The molecule has 37 heavy (non-hydrogen) atoms. The number of H-pyrrole nitrogens is 1. The van der Waals surface area contributed by atoms with E-state index in [1.165, 1.54) is 5.56 Å². The number of fused-ring (bicyclic) bond motifs is 1. The predicted octanol–water partition coefficient (Wildman–Crippen LogP) is 4.18. The highest BCUT2D eigenvalue weighted by molar-refractivity contribution is 5.95. The molecule has 0 radical (unpaired) electrons. The van der Waals surface area contributed by atoms with Gasteiger partial charge in [0.1, 0.15) is 11.6 Å². The molecule has 0 atom stereocenters. The van der Waals surface area contributed by atoms with Gasteiger partial charge in [0.25, 0.3) is 5.91 Å². The summed E-state index contributed by atoms with van der Waals surface area (Å²) >= 11 is 0. The van der Waals surface area contributed by atoms with E-state index in [0.29, 0.717) is 16.9 Å². The summed E-state index contributed by atoms with van der Waals surface area (Å²) in [7, 11) is 1.62. The lowest BCUT2D eigenvalue weighted by atomic mass is 10.0. The minimum atomic E-state index is -0.546. The summed E-state index contributed by atoms with van der Waals surface area (Å²) in [5, 5.41) is 3.00. The maximum Gasteiger partial charge on any atom is 0.338 e. The van der Waals surface area contributed by atoms with E-state index in [1.54, 1.807) is 25.3 Å². The molecule has 0 unspecified atom stereocenters. The number of amides is 1. The topological polar surface area (TPSA) is 96.6 Å². The van der Waals surface area contributed by atoms with Gasteiger partial charge >= 0.3 is 5.97 Å². The van der Waals surface area contributed by atoms with Gasteiger partial charge in [0.15, 0.2) is 6.61 Å². The molecule has 0 saturated carbocycles. The van der Waals surface area contributed by atoms with Crippen molar-refractivity contribution in [3.8, 4) is 17.1 Å². The first-order valence-corrected chi connectivity index (χ1v) is 12.4. The Morgan fingerprint density at radius 3 is 2.51 bits per heavy atom. The molecule has 1 fully saturated rings.